The quantitative estimate of drug-likeness (QED) is 0.380. The van der Waals surface area contributed by atoms with Crippen molar-refractivity contribution in [2.75, 3.05) is 48.1 Å². The lowest BCUT2D eigenvalue weighted by atomic mass is 9.71. The smallest absolute Gasteiger partial charge is 0.231 e. The Morgan fingerprint density at radius 3 is 2.56 bits per heavy atom. The standard InChI is InChI=1S/C31H37N3O7/c1-7-8-38-28-17(3)29-31(41-15-40-29)25-19(28)11-21-26-24-18(9-16(2)27(37-6)30(24)39-14-36-5)10-20(33(26)4)22(12-32)34(21)23(25)13-35/h7,9,20-23,26,35H,1,8,10-11,13-15H2,2-6H3/t20-,21?,22?,23?,26-/m0/s1. The van der Waals surface area contributed by atoms with Crippen LogP contribution in [0.1, 0.15) is 45.5 Å². The minimum Gasteiger partial charge on any atom is -0.493 e. The van der Waals surface area contributed by atoms with Gasteiger partial charge in [-0.05, 0) is 44.9 Å². The van der Waals surface area contributed by atoms with Crippen LogP contribution in [0.2, 0.25) is 0 Å². The number of aliphatic hydroxyl groups excluding tert-OH is 1. The Hall–Kier alpha value is -3.49. The zero-order valence-corrected chi connectivity index (χ0v) is 24.2. The maximum atomic E-state index is 11.0. The highest BCUT2D eigenvalue weighted by Gasteiger charge is 2.56. The van der Waals surface area contributed by atoms with E-state index in [2.05, 4.69) is 35.6 Å². The maximum absolute atomic E-state index is 11.0. The molecule has 1 fully saturated rings. The fraction of sp³-hybridized carbons (Fsp3) is 0.516. The molecule has 5 atom stereocenters. The normalized spacial score (nSPS) is 25.9. The number of aliphatic hydroxyl groups is 1. The van der Waals surface area contributed by atoms with Crippen LogP contribution in [-0.2, 0) is 17.6 Å². The Morgan fingerprint density at radius 1 is 1.10 bits per heavy atom. The molecule has 6 rings (SSSR count). The molecule has 2 aromatic carbocycles. The summed E-state index contributed by atoms with van der Waals surface area (Å²) in [5.74, 6) is 3.30. The van der Waals surface area contributed by atoms with Gasteiger partial charge in [-0.25, -0.2) is 0 Å². The molecule has 10 nitrogen and oxygen atoms in total. The Labute approximate surface area is 240 Å². The van der Waals surface area contributed by atoms with Gasteiger partial charge >= 0.3 is 0 Å². The molecule has 10 heteroatoms. The van der Waals surface area contributed by atoms with Crippen molar-refractivity contribution < 1.29 is 33.5 Å². The van der Waals surface area contributed by atoms with Crippen molar-refractivity contribution in [1.82, 2.24) is 9.80 Å². The van der Waals surface area contributed by atoms with Gasteiger partial charge in [-0.1, -0.05) is 18.7 Å². The molecule has 0 aliphatic carbocycles. The molecule has 41 heavy (non-hydrogen) atoms. The fourth-order valence-corrected chi connectivity index (χ4v) is 7.58. The molecule has 2 bridgehead atoms. The second-order valence-corrected chi connectivity index (χ2v) is 11.1. The van der Waals surface area contributed by atoms with Crippen molar-refractivity contribution >= 4 is 0 Å². The van der Waals surface area contributed by atoms with Crippen molar-refractivity contribution in [3.63, 3.8) is 0 Å². The van der Waals surface area contributed by atoms with Gasteiger partial charge in [0, 0.05) is 41.4 Å². The Kier molecular flexibility index (Phi) is 7.24. The lowest BCUT2D eigenvalue weighted by Gasteiger charge is -2.59. The monoisotopic (exact) mass is 563 g/mol. The van der Waals surface area contributed by atoms with Gasteiger partial charge in [0.1, 0.15) is 18.4 Å². The summed E-state index contributed by atoms with van der Waals surface area (Å²) in [6.45, 7) is 8.11. The first-order chi connectivity index (χ1) is 19.9. The number of hydrogen-bond acceptors (Lipinski definition) is 10. The van der Waals surface area contributed by atoms with E-state index in [0.717, 1.165) is 33.4 Å². The Balaban J connectivity index is 1.60. The summed E-state index contributed by atoms with van der Waals surface area (Å²) in [7, 11) is 5.32. The summed E-state index contributed by atoms with van der Waals surface area (Å²) in [6.07, 6.45) is 2.93. The van der Waals surface area contributed by atoms with Crippen molar-refractivity contribution in [2.45, 2.75) is 56.9 Å². The Morgan fingerprint density at radius 2 is 1.88 bits per heavy atom. The highest BCUT2D eigenvalue weighted by molar-refractivity contribution is 5.66. The van der Waals surface area contributed by atoms with E-state index in [1.165, 1.54) is 0 Å². The van der Waals surface area contributed by atoms with Crippen LogP contribution in [-0.4, -0.2) is 81.1 Å². The van der Waals surface area contributed by atoms with E-state index in [1.807, 2.05) is 13.8 Å². The van der Waals surface area contributed by atoms with Gasteiger partial charge < -0.3 is 33.5 Å². The molecule has 0 saturated carbocycles. The summed E-state index contributed by atoms with van der Waals surface area (Å²) < 4.78 is 35.6. The van der Waals surface area contributed by atoms with Gasteiger partial charge in [0.05, 0.1) is 31.9 Å². The first-order valence-electron chi connectivity index (χ1n) is 13.9. The zero-order valence-electron chi connectivity index (χ0n) is 24.2. The third-order valence-corrected chi connectivity index (χ3v) is 9.09. The minimum atomic E-state index is -0.494. The fourth-order valence-electron chi connectivity index (χ4n) is 7.58. The number of aryl methyl sites for hydroxylation is 1. The van der Waals surface area contributed by atoms with E-state index in [9.17, 15) is 10.4 Å². The third kappa shape index (κ3) is 3.98. The van der Waals surface area contributed by atoms with E-state index in [1.54, 1.807) is 20.3 Å². The summed E-state index contributed by atoms with van der Waals surface area (Å²) in [5, 5.41) is 21.6. The largest absolute Gasteiger partial charge is 0.493 e. The number of fused-ring (bicyclic) bond motifs is 9. The lowest BCUT2D eigenvalue weighted by Crippen LogP contribution is -2.68. The number of piperazine rings is 1. The van der Waals surface area contributed by atoms with Gasteiger partial charge in [-0.2, -0.15) is 5.26 Å². The summed E-state index contributed by atoms with van der Waals surface area (Å²) >= 11 is 0. The average molecular weight is 564 g/mol. The van der Waals surface area contributed by atoms with Crippen LogP contribution in [0, 0.1) is 25.2 Å². The molecule has 1 saturated heterocycles. The number of likely N-dealkylation sites (N-methyl/N-ethyl adjacent to an activating group) is 1. The summed E-state index contributed by atoms with van der Waals surface area (Å²) in [5.41, 5.74) is 5.78. The van der Waals surface area contributed by atoms with Crippen molar-refractivity contribution in [3.8, 4) is 34.8 Å². The van der Waals surface area contributed by atoms with Crippen LogP contribution in [0.15, 0.2) is 18.7 Å². The first kappa shape index (κ1) is 27.7. The second kappa shape index (κ2) is 10.7. The second-order valence-electron chi connectivity index (χ2n) is 11.1. The van der Waals surface area contributed by atoms with Crippen LogP contribution in [0.25, 0.3) is 0 Å². The van der Waals surface area contributed by atoms with Gasteiger partial charge in [0.25, 0.3) is 0 Å². The molecule has 1 N–H and O–H groups in total. The number of nitrogens with zero attached hydrogens (tertiary/aromatic N) is 3. The molecular weight excluding hydrogens is 526 g/mol. The molecule has 4 aliphatic heterocycles. The van der Waals surface area contributed by atoms with Crippen LogP contribution in [0.4, 0.5) is 0 Å². The van der Waals surface area contributed by atoms with Crippen LogP contribution >= 0.6 is 0 Å². The predicted octanol–water partition coefficient (Wildman–Crippen LogP) is 3.35. The first-order valence-corrected chi connectivity index (χ1v) is 13.9. The molecule has 0 radical (unpaired) electrons. The van der Waals surface area contributed by atoms with E-state index >= 15 is 0 Å². The molecule has 0 aromatic heterocycles. The van der Waals surface area contributed by atoms with Gasteiger partial charge in [-0.15, -0.1) is 0 Å². The zero-order chi connectivity index (χ0) is 29.0. The minimum absolute atomic E-state index is 0.0750. The Bertz CT molecular complexity index is 1420. The van der Waals surface area contributed by atoms with E-state index < -0.39 is 12.1 Å². The number of hydrogen-bond donors (Lipinski definition) is 1. The predicted molar refractivity (Wildman–Crippen MR) is 150 cm³/mol. The SMILES string of the molecule is C=CCOc1c(C)c2c(c3c1CC1[C@H]4c5c(cc(C)c(OC)c5OCOC)C[C@@H](C(C#N)N1C3CO)N4C)OCO2. The molecular formula is C31H37N3O7. The summed E-state index contributed by atoms with van der Waals surface area (Å²) in [4.78, 5) is 4.50. The molecule has 0 amide bonds. The van der Waals surface area contributed by atoms with Crippen LogP contribution in [0.3, 0.4) is 0 Å². The number of nitriles is 1. The lowest BCUT2D eigenvalue weighted by molar-refractivity contribution is -0.0832. The van der Waals surface area contributed by atoms with Crippen LogP contribution < -0.4 is 23.7 Å². The number of rotatable bonds is 8. The van der Waals surface area contributed by atoms with E-state index in [-0.39, 0.29) is 38.3 Å². The topological polar surface area (TPSA) is 106 Å². The number of methoxy groups -OCH3 is 2. The third-order valence-electron chi connectivity index (χ3n) is 9.09. The number of ether oxygens (including phenoxy) is 6. The number of benzene rings is 2. The van der Waals surface area contributed by atoms with Crippen molar-refractivity contribution in [2.24, 2.45) is 0 Å². The molecule has 0 spiro atoms. The highest BCUT2D eigenvalue weighted by atomic mass is 16.7. The maximum Gasteiger partial charge on any atom is 0.231 e. The van der Waals surface area contributed by atoms with Gasteiger partial charge in [0.2, 0.25) is 6.79 Å². The van der Waals surface area contributed by atoms with Crippen molar-refractivity contribution in [3.05, 3.63) is 52.1 Å². The molecule has 218 valence electrons. The molecule has 2 aromatic rings. The average Bonchev–Trinajstić information content (AvgIpc) is 3.46. The van der Waals surface area contributed by atoms with Gasteiger partial charge in [0.15, 0.2) is 29.8 Å². The van der Waals surface area contributed by atoms with Crippen LogP contribution in [0.5, 0.6) is 28.7 Å². The molecule has 4 heterocycles. The van der Waals surface area contributed by atoms with E-state index in [4.69, 9.17) is 28.4 Å². The highest BCUT2D eigenvalue weighted by Crippen LogP contribution is 2.58. The summed E-state index contributed by atoms with van der Waals surface area (Å²) in [6, 6.07) is 3.36. The van der Waals surface area contributed by atoms with E-state index in [0.29, 0.717) is 48.2 Å². The molecule has 3 unspecified atom stereocenters. The molecule has 4 aliphatic rings. The van der Waals surface area contributed by atoms with Crippen molar-refractivity contribution in [1.29, 1.82) is 5.26 Å². The van der Waals surface area contributed by atoms with Gasteiger partial charge in [-0.3, -0.25) is 9.80 Å².